The van der Waals surface area contributed by atoms with Crippen LogP contribution in [0.4, 0.5) is 0 Å². The van der Waals surface area contributed by atoms with Crippen LogP contribution in [0.5, 0.6) is 0 Å². The Labute approximate surface area is 175 Å². The Morgan fingerprint density at radius 1 is 1.36 bits per heavy atom. The number of thiophene rings is 1. The van der Waals surface area contributed by atoms with Crippen LogP contribution in [0, 0.1) is 28.6 Å². The van der Waals surface area contributed by atoms with Crippen LogP contribution in [0.15, 0.2) is 24.3 Å². The third-order valence-corrected chi connectivity index (χ3v) is 7.22. The van der Waals surface area contributed by atoms with Crippen molar-refractivity contribution in [3.63, 3.8) is 0 Å². The highest BCUT2D eigenvalue weighted by Crippen LogP contribution is 2.40. The predicted molar refractivity (Wildman–Crippen MR) is 117 cm³/mol. The molecule has 1 saturated heterocycles. The molecule has 2 unspecified atom stereocenters. The highest BCUT2D eigenvalue weighted by Gasteiger charge is 2.37. The lowest BCUT2D eigenvalue weighted by molar-refractivity contribution is 0.242. The summed E-state index contributed by atoms with van der Waals surface area (Å²) < 4.78 is 0. The minimum absolute atomic E-state index is 0.227. The zero-order valence-corrected chi connectivity index (χ0v) is 18.6. The first-order chi connectivity index (χ1) is 13.5. The van der Waals surface area contributed by atoms with E-state index in [9.17, 15) is 5.26 Å². The lowest BCUT2D eigenvalue weighted by Gasteiger charge is -2.30. The average Bonchev–Trinajstić information content (AvgIpc) is 3.35. The third kappa shape index (κ3) is 5.45. The first-order valence-corrected chi connectivity index (χ1v) is 11.3. The van der Waals surface area contributed by atoms with E-state index in [1.54, 1.807) is 0 Å². The maximum Gasteiger partial charge on any atom is 0.110 e. The van der Waals surface area contributed by atoms with Crippen LogP contribution >= 0.6 is 11.3 Å². The third-order valence-electron chi connectivity index (χ3n) is 6.05. The summed E-state index contributed by atoms with van der Waals surface area (Å²) in [5.41, 5.74) is -0.485. The smallest absolute Gasteiger partial charge is 0.110 e. The van der Waals surface area contributed by atoms with Gasteiger partial charge in [0.05, 0.1) is 11.5 Å². The van der Waals surface area contributed by atoms with Crippen LogP contribution in [0.25, 0.3) is 0 Å². The molecular formula is C23H34N4S. The van der Waals surface area contributed by atoms with Crippen molar-refractivity contribution in [2.45, 2.75) is 57.9 Å². The van der Waals surface area contributed by atoms with Gasteiger partial charge in [0.2, 0.25) is 0 Å². The van der Waals surface area contributed by atoms with Crippen molar-refractivity contribution in [2.75, 3.05) is 33.2 Å². The van der Waals surface area contributed by atoms with Crippen molar-refractivity contribution in [1.82, 2.24) is 9.80 Å². The molecule has 4 nitrogen and oxygen atoms in total. The van der Waals surface area contributed by atoms with Gasteiger partial charge in [-0.05, 0) is 63.9 Å². The number of rotatable bonds is 10. The monoisotopic (exact) mass is 398 g/mol. The first kappa shape index (κ1) is 22.6. The number of hydrogen-bond donors (Lipinski definition) is 0. The van der Waals surface area contributed by atoms with Gasteiger partial charge in [0.25, 0.3) is 0 Å². The summed E-state index contributed by atoms with van der Waals surface area (Å²) in [6, 6.07) is 9.29. The lowest BCUT2D eigenvalue weighted by Crippen LogP contribution is -2.35. The topological polar surface area (TPSA) is 54.1 Å². The molecule has 0 radical (unpaired) electrons. The molecule has 1 aromatic heterocycles. The number of allylic oxidation sites excluding steroid dienone is 1. The number of likely N-dealkylation sites (tertiary alicyclic amines) is 1. The lowest BCUT2D eigenvalue weighted by atomic mass is 9.73. The number of nitrogens with zero attached hydrogens (tertiary/aromatic N) is 4. The summed E-state index contributed by atoms with van der Waals surface area (Å²) in [5, 5.41) is 19.2. The highest BCUT2D eigenvalue weighted by atomic mass is 32.1. The number of nitriles is 2. The van der Waals surface area contributed by atoms with Crippen LogP contribution in [0.3, 0.4) is 0 Å². The van der Waals surface area contributed by atoms with Gasteiger partial charge in [-0.15, -0.1) is 11.3 Å². The second-order valence-electron chi connectivity index (χ2n) is 8.18. The van der Waals surface area contributed by atoms with Crippen LogP contribution in [0.1, 0.15) is 56.2 Å². The zero-order chi connectivity index (χ0) is 20.6. The second kappa shape index (κ2) is 10.8. The molecule has 0 N–H and O–H groups in total. The van der Waals surface area contributed by atoms with E-state index in [0.29, 0.717) is 10.9 Å². The molecule has 0 aromatic carbocycles. The van der Waals surface area contributed by atoms with Gasteiger partial charge in [0.1, 0.15) is 10.9 Å². The summed E-state index contributed by atoms with van der Waals surface area (Å²) in [7, 11) is 2.22. The first-order valence-electron chi connectivity index (χ1n) is 10.5. The van der Waals surface area contributed by atoms with Crippen LogP contribution in [-0.2, 0) is 5.41 Å². The summed E-state index contributed by atoms with van der Waals surface area (Å²) in [6.45, 7) is 10.8. The zero-order valence-electron chi connectivity index (χ0n) is 17.8. The van der Waals surface area contributed by atoms with E-state index in [-0.39, 0.29) is 5.92 Å². The molecule has 28 heavy (non-hydrogen) atoms. The van der Waals surface area contributed by atoms with Gasteiger partial charge >= 0.3 is 0 Å². The fraction of sp³-hybridized carbons (Fsp3) is 0.652. The van der Waals surface area contributed by atoms with Gasteiger partial charge in [0.15, 0.2) is 0 Å². The fourth-order valence-corrected chi connectivity index (χ4v) is 5.21. The van der Waals surface area contributed by atoms with E-state index < -0.39 is 5.41 Å². The quantitative estimate of drug-likeness (QED) is 0.532. The van der Waals surface area contributed by atoms with Gasteiger partial charge in [-0.3, -0.25) is 4.90 Å². The maximum absolute atomic E-state index is 10.0. The van der Waals surface area contributed by atoms with Crippen molar-refractivity contribution in [3.05, 3.63) is 34.0 Å². The molecule has 0 aliphatic carbocycles. The van der Waals surface area contributed by atoms with E-state index in [1.807, 2.05) is 12.1 Å². The molecule has 1 aliphatic heterocycles. The van der Waals surface area contributed by atoms with E-state index in [1.165, 1.54) is 17.8 Å². The Kier molecular flexibility index (Phi) is 8.70. The largest absolute Gasteiger partial charge is 0.302 e. The molecule has 2 atom stereocenters. The molecule has 0 spiro atoms. The molecule has 5 heteroatoms. The molecule has 2 heterocycles. The molecule has 0 amide bonds. The van der Waals surface area contributed by atoms with Crippen LogP contribution in [-0.4, -0.2) is 49.1 Å². The number of hydrogen-bond acceptors (Lipinski definition) is 5. The van der Waals surface area contributed by atoms with Gasteiger partial charge < -0.3 is 4.90 Å². The Balaban J connectivity index is 1.90. The van der Waals surface area contributed by atoms with E-state index in [0.717, 1.165) is 50.3 Å². The Hall–Kier alpha value is -1.66. The van der Waals surface area contributed by atoms with Crippen molar-refractivity contribution in [2.24, 2.45) is 5.92 Å². The summed E-state index contributed by atoms with van der Waals surface area (Å²) in [5.74, 6) is 0.227. The Morgan fingerprint density at radius 3 is 2.75 bits per heavy atom. The summed E-state index contributed by atoms with van der Waals surface area (Å²) >= 11 is 1.48. The van der Waals surface area contributed by atoms with E-state index >= 15 is 0 Å². The molecule has 1 aromatic rings. The van der Waals surface area contributed by atoms with Gasteiger partial charge in [-0.25, -0.2) is 0 Å². The Morgan fingerprint density at radius 2 is 2.14 bits per heavy atom. The van der Waals surface area contributed by atoms with E-state index in [2.05, 4.69) is 61.9 Å². The van der Waals surface area contributed by atoms with Crippen molar-refractivity contribution in [3.8, 4) is 12.1 Å². The second-order valence-corrected chi connectivity index (χ2v) is 9.26. The SMILES string of the molecule is CC/C=C/CN(C)C1CCN(CCCC(C#N)(c2ccc(C#N)s2)C(C)C)C1. The molecule has 2 rings (SSSR count). The molecule has 1 fully saturated rings. The minimum atomic E-state index is -0.485. The van der Waals surface area contributed by atoms with Gasteiger partial charge in [-0.2, -0.15) is 10.5 Å². The molecule has 0 bridgehead atoms. The molecule has 0 saturated carbocycles. The van der Waals surface area contributed by atoms with Crippen molar-refractivity contribution >= 4 is 11.3 Å². The summed E-state index contributed by atoms with van der Waals surface area (Å²) in [4.78, 5) is 6.73. The molecule has 152 valence electrons. The summed E-state index contributed by atoms with van der Waals surface area (Å²) in [6.07, 6.45) is 8.68. The normalized spacial score (nSPS) is 19.9. The molecule has 1 aliphatic rings. The standard InChI is InChI=1S/C23H34N4S/c1-5-6-7-13-26(4)20-11-15-27(17-20)14-8-12-23(18-25,19(2)3)22-10-9-21(16-24)28-22/h6-7,9-10,19-20H,5,8,11-15,17H2,1-4H3/b7-6+. The van der Waals surface area contributed by atoms with Gasteiger partial charge in [0, 0.05) is 24.0 Å². The molecular weight excluding hydrogens is 364 g/mol. The van der Waals surface area contributed by atoms with E-state index in [4.69, 9.17) is 5.26 Å². The van der Waals surface area contributed by atoms with Crippen molar-refractivity contribution < 1.29 is 0 Å². The van der Waals surface area contributed by atoms with Crippen molar-refractivity contribution in [1.29, 1.82) is 10.5 Å². The predicted octanol–water partition coefficient (Wildman–Crippen LogP) is 4.79. The Bertz CT molecular complexity index is 724. The van der Waals surface area contributed by atoms with Gasteiger partial charge in [-0.1, -0.05) is 32.9 Å². The maximum atomic E-state index is 10.0. The fourth-order valence-electron chi connectivity index (χ4n) is 4.09. The van der Waals surface area contributed by atoms with Crippen LogP contribution < -0.4 is 0 Å². The number of likely N-dealkylation sites (N-methyl/N-ethyl adjacent to an activating group) is 1. The average molecular weight is 399 g/mol. The van der Waals surface area contributed by atoms with Crippen LogP contribution in [0.2, 0.25) is 0 Å². The minimum Gasteiger partial charge on any atom is -0.302 e. The highest BCUT2D eigenvalue weighted by molar-refractivity contribution is 7.12.